The fourth-order valence-electron chi connectivity index (χ4n) is 8.38. The van der Waals surface area contributed by atoms with Crippen molar-refractivity contribution in [1.29, 1.82) is 0 Å². The Balaban J connectivity index is 1.28. The van der Waals surface area contributed by atoms with E-state index in [1.54, 1.807) is 0 Å². The number of aromatic nitrogens is 4. The van der Waals surface area contributed by atoms with Gasteiger partial charge in [-0.15, -0.1) is 0 Å². The van der Waals surface area contributed by atoms with E-state index in [4.69, 9.17) is 24.4 Å². The van der Waals surface area contributed by atoms with Gasteiger partial charge in [0.1, 0.15) is 11.2 Å². The van der Waals surface area contributed by atoms with Crippen molar-refractivity contribution in [2.75, 3.05) is 0 Å². The number of benzene rings is 6. The van der Waals surface area contributed by atoms with Crippen molar-refractivity contribution in [1.82, 2.24) is 19.9 Å². The number of fused-ring (bicyclic) bond motifs is 13. The van der Waals surface area contributed by atoms with Crippen molar-refractivity contribution >= 4 is 21.9 Å². The van der Waals surface area contributed by atoms with E-state index in [-0.39, 0.29) is 0 Å². The summed E-state index contributed by atoms with van der Waals surface area (Å²) in [7, 11) is 0. The normalized spacial score (nSPS) is 13.4. The van der Waals surface area contributed by atoms with Crippen LogP contribution in [0.1, 0.15) is 22.3 Å². The van der Waals surface area contributed by atoms with Crippen LogP contribution in [0.15, 0.2) is 162 Å². The summed E-state index contributed by atoms with van der Waals surface area (Å²) in [5.41, 5.74) is 13.3. The van der Waals surface area contributed by atoms with Crippen LogP contribution in [-0.2, 0) is 5.41 Å². The Morgan fingerprint density at radius 2 is 0.980 bits per heavy atom. The number of rotatable bonds is 3. The predicted molar refractivity (Wildman–Crippen MR) is 198 cm³/mol. The van der Waals surface area contributed by atoms with Crippen LogP contribution in [0.3, 0.4) is 0 Å². The van der Waals surface area contributed by atoms with Gasteiger partial charge < -0.3 is 4.42 Å². The van der Waals surface area contributed by atoms with Crippen LogP contribution in [0.4, 0.5) is 0 Å². The molecule has 0 saturated heterocycles. The van der Waals surface area contributed by atoms with Crippen LogP contribution in [0, 0.1) is 0 Å². The zero-order chi connectivity index (χ0) is 32.8. The quantitative estimate of drug-likeness (QED) is 0.193. The Morgan fingerprint density at radius 1 is 0.400 bits per heavy atom. The molecule has 50 heavy (non-hydrogen) atoms. The van der Waals surface area contributed by atoms with Gasteiger partial charge in [0.2, 0.25) is 0 Å². The van der Waals surface area contributed by atoms with Gasteiger partial charge in [-0.1, -0.05) is 127 Å². The summed E-state index contributed by atoms with van der Waals surface area (Å²) in [6.07, 6.45) is 3.97. The first-order chi connectivity index (χ1) is 24.8. The SMILES string of the molecule is c1ccc(-c2nc(-c3ccccc3)nc(-c3cncc4c3-c3cc5c(cc3C43c4ccccc4-c4ccccc43)oc3ccccc35)n2)cc1. The van der Waals surface area contributed by atoms with E-state index in [9.17, 15) is 0 Å². The summed E-state index contributed by atoms with van der Waals surface area (Å²) in [5.74, 6) is 1.82. The van der Waals surface area contributed by atoms with Crippen LogP contribution < -0.4 is 0 Å². The summed E-state index contributed by atoms with van der Waals surface area (Å²) in [6.45, 7) is 0. The monoisotopic (exact) mass is 638 g/mol. The molecule has 0 amide bonds. The molecule has 0 aliphatic heterocycles. The van der Waals surface area contributed by atoms with Crippen molar-refractivity contribution in [3.63, 3.8) is 0 Å². The molecular formula is C45H26N4O. The molecule has 3 aromatic heterocycles. The molecule has 6 aromatic carbocycles. The van der Waals surface area contributed by atoms with Gasteiger partial charge >= 0.3 is 0 Å². The topological polar surface area (TPSA) is 64.7 Å². The molecular weight excluding hydrogens is 613 g/mol. The van der Waals surface area contributed by atoms with E-state index in [0.29, 0.717) is 17.5 Å². The van der Waals surface area contributed by atoms with E-state index >= 15 is 0 Å². The highest BCUT2D eigenvalue weighted by Crippen LogP contribution is 2.64. The second kappa shape index (κ2) is 10.1. The Hall–Kier alpha value is -6.72. The lowest BCUT2D eigenvalue weighted by Gasteiger charge is -2.30. The van der Waals surface area contributed by atoms with Crippen molar-refractivity contribution in [3.05, 3.63) is 180 Å². The zero-order valence-electron chi connectivity index (χ0n) is 26.7. The molecule has 11 rings (SSSR count). The minimum absolute atomic E-state index is 0.585. The van der Waals surface area contributed by atoms with Crippen LogP contribution in [-0.4, -0.2) is 19.9 Å². The molecule has 0 atom stereocenters. The molecule has 5 heteroatoms. The Kier molecular flexibility index (Phi) is 5.53. The maximum Gasteiger partial charge on any atom is 0.166 e. The minimum Gasteiger partial charge on any atom is -0.456 e. The molecule has 0 bridgehead atoms. The number of furan rings is 1. The highest BCUT2D eigenvalue weighted by Gasteiger charge is 2.53. The number of hydrogen-bond acceptors (Lipinski definition) is 5. The molecule has 2 aliphatic carbocycles. The fourth-order valence-corrected chi connectivity index (χ4v) is 8.38. The van der Waals surface area contributed by atoms with Crippen molar-refractivity contribution in [2.24, 2.45) is 0 Å². The van der Waals surface area contributed by atoms with E-state index in [0.717, 1.165) is 55.3 Å². The largest absolute Gasteiger partial charge is 0.456 e. The van der Waals surface area contributed by atoms with Crippen LogP contribution in [0.25, 0.3) is 78.4 Å². The number of nitrogens with zero attached hydrogens (tertiary/aromatic N) is 4. The van der Waals surface area contributed by atoms with Crippen molar-refractivity contribution in [2.45, 2.75) is 5.41 Å². The lowest BCUT2D eigenvalue weighted by atomic mass is 9.71. The fraction of sp³-hybridized carbons (Fsp3) is 0.0222. The second-order valence-electron chi connectivity index (χ2n) is 13.0. The summed E-state index contributed by atoms with van der Waals surface area (Å²) in [6, 6.07) is 50.6. The molecule has 3 heterocycles. The molecule has 5 nitrogen and oxygen atoms in total. The molecule has 9 aromatic rings. The molecule has 0 radical (unpaired) electrons. The summed E-state index contributed by atoms with van der Waals surface area (Å²) < 4.78 is 6.55. The van der Waals surface area contributed by atoms with Gasteiger partial charge in [-0.2, -0.15) is 0 Å². The van der Waals surface area contributed by atoms with Gasteiger partial charge in [0.05, 0.1) is 5.41 Å². The van der Waals surface area contributed by atoms with Crippen molar-refractivity contribution < 1.29 is 4.42 Å². The Bertz CT molecular complexity index is 2720. The molecule has 232 valence electrons. The first kappa shape index (κ1) is 27.3. The van der Waals surface area contributed by atoms with E-state index in [1.165, 1.54) is 27.8 Å². The lowest BCUT2D eigenvalue weighted by Crippen LogP contribution is -2.26. The molecule has 2 aliphatic rings. The lowest BCUT2D eigenvalue weighted by molar-refractivity contribution is 0.666. The standard InChI is InChI=1S/C45H26N4O/c1-3-13-27(14-4-1)42-47-43(28-15-5-2-6-16-28)49-44(48-42)34-25-46-26-38-41(34)33-23-32-31-19-9-12-22-39(31)50-40(32)24-37(33)45(38)35-20-10-7-17-29(35)30-18-8-11-21-36(30)45/h1-26H. The Labute approximate surface area is 287 Å². The highest BCUT2D eigenvalue weighted by atomic mass is 16.3. The van der Waals surface area contributed by atoms with E-state index < -0.39 is 5.41 Å². The van der Waals surface area contributed by atoms with Gasteiger partial charge in [0.15, 0.2) is 17.5 Å². The van der Waals surface area contributed by atoms with E-state index in [1.807, 2.05) is 79.0 Å². The molecule has 1 spiro atoms. The summed E-state index contributed by atoms with van der Waals surface area (Å²) in [4.78, 5) is 20.3. The molecule has 0 N–H and O–H groups in total. The number of hydrogen-bond donors (Lipinski definition) is 0. The predicted octanol–water partition coefficient (Wildman–Crippen LogP) is 10.5. The zero-order valence-corrected chi connectivity index (χ0v) is 26.7. The van der Waals surface area contributed by atoms with Gasteiger partial charge in [-0.3, -0.25) is 4.98 Å². The summed E-state index contributed by atoms with van der Waals surface area (Å²) in [5, 5.41) is 2.17. The molecule has 0 saturated carbocycles. The van der Waals surface area contributed by atoms with Gasteiger partial charge in [0.25, 0.3) is 0 Å². The molecule has 0 unspecified atom stereocenters. The Morgan fingerprint density at radius 3 is 1.66 bits per heavy atom. The number of para-hydroxylation sites is 1. The second-order valence-corrected chi connectivity index (χ2v) is 13.0. The highest BCUT2D eigenvalue weighted by molar-refractivity contribution is 6.10. The first-order valence-corrected chi connectivity index (χ1v) is 16.8. The third-order valence-electron chi connectivity index (χ3n) is 10.4. The average Bonchev–Trinajstić information content (AvgIpc) is 3.81. The van der Waals surface area contributed by atoms with Gasteiger partial charge in [-0.05, 0) is 57.1 Å². The summed E-state index contributed by atoms with van der Waals surface area (Å²) >= 11 is 0. The average molecular weight is 639 g/mol. The maximum atomic E-state index is 6.55. The van der Waals surface area contributed by atoms with Crippen molar-refractivity contribution in [3.8, 4) is 56.4 Å². The van der Waals surface area contributed by atoms with Gasteiger partial charge in [-0.25, -0.2) is 15.0 Å². The minimum atomic E-state index is -0.606. The smallest absolute Gasteiger partial charge is 0.166 e. The first-order valence-electron chi connectivity index (χ1n) is 16.8. The number of pyridine rings is 1. The van der Waals surface area contributed by atoms with Crippen LogP contribution >= 0.6 is 0 Å². The maximum absolute atomic E-state index is 6.55. The molecule has 0 fully saturated rings. The van der Waals surface area contributed by atoms with Crippen LogP contribution in [0.5, 0.6) is 0 Å². The third-order valence-corrected chi connectivity index (χ3v) is 10.4. The van der Waals surface area contributed by atoms with Gasteiger partial charge in [0, 0.05) is 45.4 Å². The van der Waals surface area contributed by atoms with Crippen LogP contribution in [0.2, 0.25) is 0 Å². The van der Waals surface area contributed by atoms with E-state index in [2.05, 4.69) is 79.0 Å². The third kappa shape index (κ3) is 3.61.